The third kappa shape index (κ3) is 2.01. The van der Waals surface area contributed by atoms with Gasteiger partial charge in [0.05, 0.1) is 0 Å². The Kier molecular flexibility index (Phi) is 2.84. The highest BCUT2D eigenvalue weighted by atomic mass is 16.1. The van der Waals surface area contributed by atoms with Gasteiger partial charge in [-0.15, -0.1) is 0 Å². The number of ketones is 1. The molecule has 0 saturated heterocycles. The summed E-state index contributed by atoms with van der Waals surface area (Å²) in [6, 6.07) is 6.03. The van der Waals surface area contributed by atoms with Gasteiger partial charge in [0.2, 0.25) is 0 Å². The number of hydrogen-bond donors (Lipinski definition) is 0. The topological polar surface area (TPSA) is 17.1 Å². The van der Waals surface area contributed by atoms with Crippen LogP contribution in [-0.2, 0) is 0 Å². The van der Waals surface area contributed by atoms with E-state index in [0.29, 0.717) is 0 Å². The minimum Gasteiger partial charge on any atom is -0.289 e. The fourth-order valence-corrected chi connectivity index (χ4v) is 2.05. The quantitative estimate of drug-likeness (QED) is 0.691. The molecule has 1 aromatic rings. The standard InChI is InChI=1S/C16H16O/c1-10(2)5-7-13-12(4)16(17)15-9-11(3)6-8-14(13)15/h5-9H,1H2,2-4H3/b7-5-. The van der Waals surface area contributed by atoms with E-state index in [1.807, 2.05) is 51.1 Å². The largest absolute Gasteiger partial charge is 0.289 e. The van der Waals surface area contributed by atoms with Crippen LogP contribution in [0, 0.1) is 6.92 Å². The van der Waals surface area contributed by atoms with Crippen molar-refractivity contribution in [3.05, 3.63) is 64.8 Å². The number of carbonyl (C=O) groups excluding carboxylic acids is 1. The van der Waals surface area contributed by atoms with Crippen molar-refractivity contribution < 1.29 is 4.79 Å². The molecule has 0 aromatic heterocycles. The molecule has 1 aromatic carbocycles. The molecule has 86 valence electrons. The number of rotatable bonds is 2. The van der Waals surface area contributed by atoms with Crippen molar-refractivity contribution in [2.45, 2.75) is 20.8 Å². The van der Waals surface area contributed by atoms with E-state index in [-0.39, 0.29) is 5.78 Å². The van der Waals surface area contributed by atoms with Gasteiger partial charge in [-0.1, -0.05) is 42.0 Å². The maximum Gasteiger partial charge on any atom is 0.189 e. The van der Waals surface area contributed by atoms with E-state index in [2.05, 4.69) is 6.58 Å². The molecule has 0 heterocycles. The van der Waals surface area contributed by atoms with Gasteiger partial charge in [0.25, 0.3) is 0 Å². The predicted octanol–water partition coefficient (Wildman–Crippen LogP) is 4.10. The summed E-state index contributed by atoms with van der Waals surface area (Å²) in [6.45, 7) is 9.67. The van der Waals surface area contributed by atoms with Crippen LogP contribution < -0.4 is 0 Å². The number of aryl methyl sites for hydroxylation is 1. The van der Waals surface area contributed by atoms with Crippen molar-refractivity contribution in [1.82, 2.24) is 0 Å². The van der Waals surface area contributed by atoms with Crippen LogP contribution >= 0.6 is 0 Å². The maximum absolute atomic E-state index is 12.1. The molecule has 17 heavy (non-hydrogen) atoms. The second-order valence-electron chi connectivity index (χ2n) is 4.60. The van der Waals surface area contributed by atoms with Crippen LogP contribution in [0.25, 0.3) is 5.57 Å². The van der Waals surface area contributed by atoms with Crippen LogP contribution in [0.4, 0.5) is 0 Å². The summed E-state index contributed by atoms with van der Waals surface area (Å²) < 4.78 is 0. The average Bonchev–Trinajstić information content (AvgIpc) is 2.50. The molecular formula is C16H16O. The zero-order chi connectivity index (χ0) is 12.6. The SMILES string of the molecule is C=C(C)/C=C\C1=C(C)C(=O)c2cc(C)ccc21. The van der Waals surface area contributed by atoms with Gasteiger partial charge in [-0.3, -0.25) is 4.79 Å². The Bertz CT molecular complexity index is 571. The fraction of sp³-hybridized carbons (Fsp3) is 0.188. The number of hydrogen-bond acceptors (Lipinski definition) is 1. The molecular weight excluding hydrogens is 208 g/mol. The summed E-state index contributed by atoms with van der Waals surface area (Å²) in [5, 5.41) is 0. The van der Waals surface area contributed by atoms with E-state index in [9.17, 15) is 4.79 Å². The molecule has 0 N–H and O–H groups in total. The van der Waals surface area contributed by atoms with Crippen LogP contribution in [-0.4, -0.2) is 5.78 Å². The van der Waals surface area contributed by atoms with Crippen molar-refractivity contribution >= 4 is 11.4 Å². The summed E-state index contributed by atoms with van der Waals surface area (Å²) in [6.07, 6.45) is 3.93. The Labute approximate surface area is 102 Å². The number of benzene rings is 1. The Morgan fingerprint density at radius 1 is 1.24 bits per heavy atom. The van der Waals surface area contributed by atoms with Gasteiger partial charge in [-0.05, 0) is 38.0 Å². The fourth-order valence-electron chi connectivity index (χ4n) is 2.05. The van der Waals surface area contributed by atoms with E-state index in [0.717, 1.165) is 33.4 Å². The third-order valence-electron chi connectivity index (χ3n) is 2.99. The Morgan fingerprint density at radius 2 is 1.94 bits per heavy atom. The van der Waals surface area contributed by atoms with E-state index < -0.39 is 0 Å². The van der Waals surface area contributed by atoms with Gasteiger partial charge in [-0.25, -0.2) is 0 Å². The molecule has 0 spiro atoms. The number of fused-ring (bicyclic) bond motifs is 1. The number of Topliss-reactive ketones (excluding diaryl/α,β-unsaturated/α-hetero) is 1. The first-order chi connectivity index (χ1) is 8.00. The lowest BCUT2D eigenvalue weighted by Crippen LogP contribution is -1.95. The zero-order valence-electron chi connectivity index (χ0n) is 10.5. The number of carbonyl (C=O) groups is 1. The monoisotopic (exact) mass is 224 g/mol. The van der Waals surface area contributed by atoms with Gasteiger partial charge < -0.3 is 0 Å². The molecule has 0 bridgehead atoms. The van der Waals surface area contributed by atoms with Crippen molar-refractivity contribution in [3.63, 3.8) is 0 Å². The molecule has 0 saturated carbocycles. The van der Waals surface area contributed by atoms with Crippen LogP contribution in [0.1, 0.15) is 35.3 Å². The summed E-state index contributed by atoms with van der Waals surface area (Å²) in [7, 11) is 0. The van der Waals surface area contributed by atoms with Crippen molar-refractivity contribution in [2.24, 2.45) is 0 Å². The van der Waals surface area contributed by atoms with Crippen LogP contribution in [0.5, 0.6) is 0 Å². The molecule has 1 heteroatoms. The summed E-state index contributed by atoms with van der Waals surface area (Å²) >= 11 is 0. The van der Waals surface area contributed by atoms with Gasteiger partial charge in [-0.2, -0.15) is 0 Å². The highest BCUT2D eigenvalue weighted by molar-refractivity contribution is 6.21. The third-order valence-corrected chi connectivity index (χ3v) is 2.99. The van der Waals surface area contributed by atoms with Crippen LogP contribution in [0.3, 0.4) is 0 Å². The summed E-state index contributed by atoms with van der Waals surface area (Å²) in [4.78, 5) is 12.1. The first-order valence-corrected chi connectivity index (χ1v) is 5.71. The molecule has 1 aliphatic carbocycles. The van der Waals surface area contributed by atoms with Crippen molar-refractivity contribution in [1.29, 1.82) is 0 Å². The molecule has 1 aliphatic rings. The lowest BCUT2D eigenvalue weighted by atomic mass is 10.0. The average molecular weight is 224 g/mol. The first-order valence-electron chi connectivity index (χ1n) is 5.71. The first kappa shape index (κ1) is 11.6. The Balaban J connectivity index is 2.55. The summed E-state index contributed by atoms with van der Waals surface area (Å²) in [5.74, 6) is 0.144. The van der Waals surface area contributed by atoms with Crippen LogP contribution in [0.2, 0.25) is 0 Å². The molecule has 2 rings (SSSR count). The minimum absolute atomic E-state index is 0.144. The second-order valence-corrected chi connectivity index (χ2v) is 4.60. The highest BCUT2D eigenvalue weighted by Crippen LogP contribution is 2.34. The lowest BCUT2D eigenvalue weighted by Gasteiger charge is -2.01. The van der Waals surface area contributed by atoms with E-state index in [4.69, 9.17) is 0 Å². The minimum atomic E-state index is 0.144. The Hall–Kier alpha value is -1.89. The molecule has 0 aliphatic heterocycles. The summed E-state index contributed by atoms with van der Waals surface area (Å²) in [5.41, 5.74) is 5.81. The smallest absolute Gasteiger partial charge is 0.189 e. The van der Waals surface area contributed by atoms with E-state index in [1.165, 1.54) is 0 Å². The van der Waals surface area contributed by atoms with E-state index >= 15 is 0 Å². The molecule has 0 radical (unpaired) electrons. The van der Waals surface area contributed by atoms with Crippen LogP contribution in [0.15, 0.2) is 48.1 Å². The Morgan fingerprint density at radius 3 is 2.59 bits per heavy atom. The van der Waals surface area contributed by atoms with Gasteiger partial charge in [0.15, 0.2) is 5.78 Å². The van der Waals surface area contributed by atoms with Gasteiger partial charge >= 0.3 is 0 Å². The second kappa shape index (κ2) is 4.17. The van der Waals surface area contributed by atoms with E-state index in [1.54, 1.807) is 0 Å². The van der Waals surface area contributed by atoms with Gasteiger partial charge in [0.1, 0.15) is 0 Å². The zero-order valence-corrected chi connectivity index (χ0v) is 10.5. The van der Waals surface area contributed by atoms with Gasteiger partial charge in [0, 0.05) is 11.1 Å². The van der Waals surface area contributed by atoms with Crippen molar-refractivity contribution in [3.8, 4) is 0 Å². The lowest BCUT2D eigenvalue weighted by molar-refractivity contribution is 0.103. The molecule has 0 fully saturated rings. The molecule has 0 amide bonds. The molecule has 1 nitrogen and oxygen atoms in total. The maximum atomic E-state index is 12.1. The predicted molar refractivity (Wildman–Crippen MR) is 72.1 cm³/mol. The molecule has 0 atom stereocenters. The van der Waals surface area contributed by atoms with Crippen molar-refractivity contribution in [2.75, 3.05) is 0 Å². The normalized spacial score (nSPS) is 14.6. The molecule has 0 unspecified atom stereocenters. The highest BCUT2D eigenvalue weighted by Gasteiger charge is 2.24. The number of allylic oxidation sites excluding steroid dienone is 5.